The minimum absolute atomic E-state index is 0.0377. The highest BCUT2D eigenvalue weighted by atomic mass is 16.7. The summed E-state index contributed by atoms with van der Waals surface area (Å²) in [4.78, 5) is 30.0. The molecule has 0 aliphatic carbocycles. The molecule has 0 spiro atoms. The summed E-state index contributed by atoms with van der Waals surface area (Å²) in [6.45, 7) is 1.74. The summed E-state index contributed by atoms with van der Waals surface area (Å²) in [7, 11) is 0. The van der Waals surface area contributed by atoms with Gasteiger partial charge in [0.05, 0.1) is 23.2 Å². The highest BCUT2D eigenvalue weighted by Gasteiger charge is 2.16. The number of rotatable bonds is 4. The van der Waals surface area contributed by atoms with E-state index in [9.17, 15) is 9.59 Å². The third-order valence-corrected chi connectivity index (χ3v) is 6.55. The number of aromatic nitrogens is 2. The fourth-order valence-corrected chi connectivity index (χ4v) is 4.90. The standard InChI is InChI=1S/C27H24N2O4/c30-26-17-7-1-3-9-21(17)28-22-15-20-24(16-19(22)26)29(12-14-33-25-11-5-6-13-32-25)23-10-4-2-8-18(23)27(20)31/h1-4,7-10,15-16,25H,5-6,11-14H2,(H,28,30). The number of ether oxygens (including phenoxy) is 2. The minimum atomic E-state index is -0.175. The van der Waals surface area contributed by atoms with Crippen LogP contribution in [-0.2, 0) is 16.0 Å². The van der Waals surface area contributed by atoms with Crippen LogP contribution in [0.1, 0.15) is 19.3 Å². The van der Waals surface area contributed by atoms with Crippen molar-refractivity contribution >= 4 is 43.6 Å². The van der Waals surface area contributed by atoms with Crippen LogP contribution in [0.3, 0.4) is 0 Å². The van der Waals surface area contributed by atoms with Crippen molar-refractivity contribution in [2.24, 2.45) is 0 Å². The molecule has 1 aliphatic heterocycles. The number of para-hydroxylation sites is 2. The van der Waals surface area contributed by atoms with Crippen LogP contribution in [0.5, 0.6) is 0 Å². The van der Waals surface area contributed by atoms with Crippen molar-refractivity contribution < 1.29 is 9.47 Å². The van der Waals surface area contributed by atoms with Crippen molar-refractivity contribution in [3.05, 3.63) is 81.1 Å². The first-order valence-corrected chi connectivity index (χ1v) is 11.4. The molecule has 0 bridgehead atoms. The third kappa shape index (κ3) is 3.43. The second-order valence-electron chi connectivity index (χ2n) is 8.58. The molecule has 33 heavy (non-hydrogen) atoms. The Labute approximate surface area is 189 Å². The molecule has 1 N–H and O–H groups in total. The van der Waals surface area contributed by atoms with Gasteiger partial charge in [-0.25, -0.2) is 0 Å². The van der Waals surface area contributed by atoms with Crippen LogP contribution in [-0.4, -0.2) is 29.1 Å². The van der Waals surface area contributed by atoms with Crippen molar-refractivity contribution in [3.8, 4) is 0 Å². The Morgan fingerprint density at radius 1 is 0.848 bits per heavy atom. The highest BCUT2D eigenvalue weighted by Crippen LogP contribution is 2.24. The van der Waals surface area contributed by atoms with E-state index >= 15 is 0 Å². The van der Waals surface area contributed by atoms with Crippen LogP contribution >= 0.6 is 0 Å². The van der Waals surface area contributed by atoms with E-state index in [0.717, 1.165) is 42.4 Å². The van der Waals surface area contributed by atoms with Gasteiger partial charge in [-0.3, -0.25) is 9.59 Å². The highest BCUT2D eigenvalue weighted by molar-refractivity contribution is 6.03. The third-order valence-electron chi connectivity index (χ3n) is 6.55. The molecule has 2 aromatic heterocycles. The molecule has 1 atom stereocenters. The first kappa shape index (κ1) is 20.1. The Bertz CT molecular complexity index is 1630. The van der Waals surface area contributed by atoms with Gasteiger partial charge < -0.3 is 19.0 Å². The molecule has 6 heteroatoms. The summed E-state index contributed by atoms with van der Waals surface area (Å²) in [6, 6.07) is 18.7. The predicted molar refractivity (Wildman–Crippen MR) is 131 cm³/mol. The maximum Gasteiger partial charge on any atom is 0.197 e. The summed E-state index contributed by atoms with van der Waals surface area (Å²) >= 11 is 0. The maximum absolute atomic E-state index is 13.4. The van der Waals surface area contributed by atoms with Gasteiger partial charge in [0.2, 0.25) is 0 Å². The number of hydrogen-bond acceptors (Lipinski definition) is 4. The van der Waals surface area contributed by atoms with E-state index in [2.05, 4.69) is 9.55 Å². The van der Waals surface area contributed by atoms with E-state index in [1.165, 1.54) is 0 Å². The van der Waals surface area contributed by atoms with Gasteiger partial charge >= 0.3 is 0 Å². The van der Waals surface area contributed by atoms with E-state index in [0.29, 0.717) is 40.2 Å². The molecule has 1 fully saturated rings. The summed E-state index contributed by atoms with van der Waals surface area (Å²) < 4.78 is 13.8. The molecule has 6 rings (SSSR count). The average molecular weight is 440 g/mol. The minimum Gasteiger partial charge on any atom is -0.354 e. The number of hydrogen-bond donors (Lipinski definition) is 1. The van der Waals surface area contributed by atoms with Crippen molar-refractivity contribution in [2.45, 2.75) is 32.1 Å². The second-order valence-corrected chi connectivity index (χ2v) is 8.58. The van der Waals surface area contributed by atoms with E-state index in [-0.39, 0.29) is 17.1 Å². The van der Waals surface area contributed by atoms with Gasteiger partial charge in [-0.1, -0.05) is 24.3 Å². The first-order chi connectivity index (χ1) is 16.2. The second kappa shape index (κ2) is 8.14. The Morgan fingerprint density at radius 3 is 2.48 bits per heavy atom. The summed E-state index contributed by atoms with van der Waals surface area (Å²) in [5.74, 6) is 0. The normalized spacial score (nSPS) is 16.8. The van der Waals surface area contributed by atoms with E-state index in [1.54, 1.807) is 0 Å². The van der Waals surface area contributed by atoms with Gasteiger partial charge in [0, 0.05) is 40.2 Å². The molecule has 1 saturated heterocycles. The van der Waals surface area contributed by atoms with Crippen LogP contribution in [0.25, 0.3) is 43.6 Å². The lowest BCUT2D eigenvalue weighted by Gasteiger charge is -2.23. The van der Waals surface area contributed by atoms with E-state index in [4.69, 9.17) is 9.47 Å². The number of nitrogens with zero attached hydrogens (tertiary/aromatic N) is 1. The van der Waals surface area contributed by atoms with Gasteiger partial charge in [-0.2, -0.15) is 0 Å². The molecule has 166 valence electrons. The zero-order valence-corrected chi connectivity index (χ0v) is 18.2. The molecular formula is C27H24N2O4. The number of benzene rings is 3. The zero-order chi connectivity index (χ0) is 22.4. The topological polar surface area (TPSA) is 73.3 Å². The van der Waals surface area contributed by atoms with Gasteiger partial charge in [0.25, 0.3) is 0 Å². The van der Waals surface area contributed by atoms with Gasteiger partial charge in [-0.15, -0.1) is 0 Å². The SMILES string of the molecule is O=c1c2ccccc2[nH]c2cc3c(=O)c4ccccc4n(CCOC4CCCCO4)c3cc12. The Hall–Kier alpha value is -3.48. The largest absolute Gasteiger partial charge is 0.354 e. The maximum atomic E-state index is 13.4. The lowest BCUT2D eigenvalue weighted by Crippen LogP contribution is -2.24. The molecule has 6 nitrogen and oxygen atoms in total. The van der Waals surface area contributed by atoms with E-state index in [1.807, 2.05) is 60.7 Å². The smallest absolute Gasteiger partial charge is 0.197 e. The van der Waals surface area contributed by atoms with Crippen molar-refractivity contribution in [2.75, 3.05) is 13.2 Å². The van der Waals surface area contributed by atoms with Crippen molar-refractivity contribution in [1.29, 1.82) is 0 Å². The monoisotopic (exact) mass is 440 g/mol. The Morgan fingerprint density at radius 2 is 1.64 bits per heavy atom. The van der Waals surface area contributed by atoms with Crippen LogP contribution < -0.4 is 10.9 Å². The molecular weight excluding hydrogens is 416 g/mol. The number of aromatic amines is 1. The van der Waals surface area contributed by atoms with Crippen LogP contribution in [0.2, 0.25) is 0 Å². The first-order valence-electron chi connectivity index (χ1n) is 11.4. The van der Waals surface area contributed by atoms with Crippen LogP contribution in [0, 0.1) is 0 Å². The fourth-order valence-electron chi connectivity index (χ4n) is 4.90. The molecule has 0 amide bonds. The molecule has 0 radical (unpaired) electrons. The lowest BCUT2D eigenvalue weighted by molar-refractivity contribution is -0.163. The molecule has 1 aliphatic rings. The lowest BCUT2D eigenvalue weighted by atomic mass is 10.0. The quantitative estimate of drug-likeness (QED) is 0.412. The fraction of sp³-hybridized carbons (Fsp3) is 0.259. The number of pyridine rings is 2. The van der Waals surface area contributed by atoms with Gasteiger partial charge in [0.15, 0.2) is 17.1 Å². The molecule has 5 aromatic rings. The Kier molecular flexibility index (Phi) is 4.97. The van der Waals surface area contributed by atoms with E-state index < -0.39 is 0 Å². The van der Waals surface area contributed by atoms with Crippen molar-refractivity contribution in [1.82, 2.24) is 9.55 Å². The number of H-pyrrole nitrogens is 1. The Balaban J connectivity index is 1.56. The number of nitrogens with one attached hydrogen (secondary N) is 1. The van der Waals surface area contributed by atoms with Gasteiger partial charge in [-0.05, 0) is 55.7 Å². The zero-order valence-electron chi connectivity index (χ0n) is 18.2. The molecule has 3 heterocycles. The summed E-state index contributed by atoms with van der Waals surface area (Å²) in [5.41, 5.74) is 2.91. The predicted octanol–water partition coefficient (Wildman–Crippen LogP) is 4.69. The van der Waals surface area contributed by atoms with Crippen molar-refractivity contribution in [3.63, 3.8) is 0 Å². The van der Waals surface area contributed by atoms with Crippen LogP contribution in [0.15, 0.2) is 70.3 Å². The molecule has 1 unspecified atom stereocenters. The van der Waals surface area contributed by atoms with Crippen LogP contribution in [0.4, 0.5) is 0 Å². The van der Waals surface area contributed by atoms with Gasteiger partial charge in [0.1, 0.15) is 0 Å². The number of fused-ring (bicyclic) bond motifs is 4. The summed E-state index contributed by atoms with van der Waals surface area (Å²) in [5, 5.41) is 2.44. The summed E-state index contributed by atoms with van der Waals surface area (Å²) in [6.07, 6.45) is 2.91. The molecule has 3 aromatic carbocycles. The average Bonchev–Trinajstić information content (AvgIpc) is 2.86. The molecule has 0 saturated carbocycles.